The molecule has 3 rings (SSSR count). The van der Waals surface area contributed by atoms with Crippen LogP contribution >= 0.6 is 15.9 Å². The summed E-state index contributed by atoms with van der Waals surface area (Å²) in [6, 6.07) is 12.5. The van der Waals surface area contributed by atoms with E-state index in [0.717, 1.165) is 12.1 Å². The summed E-state index contributed by atoms with van der Waals surface area (Å²) in [5.74, 6) is -0.705. The van der Waals surface area contributed by atoms with Gasteiger partial charge in [-0.25, -0.2) is 4.39 Å². The average Bonchev–Trinajstić information content (AvgIpc) is 3.09. The van der Waals surface area contributed by atoms with Crippen molar-refractivity contribution in [3.63, 3.8) is 0 Å². The largest absolute Gasteiger partial charge is 0.348 e. The number of nitrogens with one attached hydrogen (secondary N) is 2. The highest BCUT2D eigenvalue weighted by molar-refractivity contribution is 9.10. The third kappa shape index (κ3) is 4.42. The number of quaternary nitrogens is 1. The van der Waals surface area contributed by atoms with Gasteiger partial charge < -0.3 is 10.2 Å². The van der Waals surface area contributed by atoms with Crippen molar-refractivity contribution in [1.29, 1.82) is 0 Å². The second-order valence-corrected chi connectivity index (χ2v) is 7.11. The van der Waals surface area contributed by atoms with Gasteiger partial charge in [0.2, 0.25) is 0 Å². The normalized spacial score (nSPS) is 14.8. The molecule has 2 N–H and O–H groups in total. The first-order valence-corrected chi connectivity index (χ1v) is 9.06. The van der Waals surface area contributed by atoms with Crippen LogP contribution in [0.4, 0.5) is 4.39 Å². The highest BCUT2D eigenvalue weighted by Gasteiger charge is 2.15. The highest BCUT2D eigenvalue weighted by atomic mass is 79.9. The van der Waals surface area contributed by atoms with Crippen molar-refractivity contribution in [3.05, 3.63) is 69.4 Å². The lowest BCUT2D eigenvalue weighted by Gasteiger charge is -2.12. The van der Waals surface area contributed by atoms with Crippen LogP contribution in [0.5, 0.6) is 0 Å². The van der Waals surface area contributed by atoms with E-state index in [-0.39, 0.29) is 5.91 Å². The number of carbonyl (C=O) groups is 1. The smallest absolute Gasteiger partial charge is 0.252 e. The summed E-state index contributed by atoms with van der Waals surface area (Å²) in [6.07, 6.45) is 2.66. The van der Waals surface area contributed by atoms with Gasteiger partial charge in [-0.05, 0) is 39.7 Å². The Morgan fingerprint density at radius 1 is 1.08 bits per heavy atom. The molecule has 1 heterocycles. The van der Waals surface area contributed by atoms with Crippen LogP contribution in [0, 0.1) is 5.82 Å². The van der Waals surface area contributed by atoms with E-state index in [1.54, 1.807) is 11.0 Å². The van der Waals surface area contributed by atoms with Crippen LogP contribution in [0.25, 0.3) is 0 Å². The van der Waals surface area contributed by atoms with Crippen LogP contribution in [-0.4, -0.2) is 19.0 Å². The lowest BCUT2D eigenvalue weighted by Crippen LogP contribution is -3.08. The van der Waals surface area contributed by atoms with E-state index in [4.69, 9.17) is 0 Å². The molecule has 0 aliphatic carbocycles. The third-order valence-electron chi connectivity index (χ3n) is 4.41. The first kappa shape index (κ1) is 17.1. The van der Waals surface area contributed by atoms with Gasteiger partial charge in [-0.15, -0.1) is 0 Å². The summed E-state index contributed by atoms with van der Waals surface area (Å²) >= 11 is 3.28. The number of amides is 1. The number of carbonyl (C=O) groups excluding carboxylic acids is 1. The summed E-state index contributed by atoms with van der Waals surface area (Å²) in [5, 5.41) is 2.84. The molecule has 0 bridgehead atoms. The first-order chi connectivity index (χ1) is 11.6. The van der Waals surface area contributed by atoms with Crippen LogP contribution in [0.2, 0.25) is 0 Å². The van der Waals surface area contributed by atoms with Crippen LogP contribution in [0.1, 0.15) is 34.3 Å². The Morgan fingerprint density at radius 2 is 1.75 bits per heavy atom. The molecule has 1 saturated heterocycles. The van der Waals surface area contributed by atoms with Crippen molar-refractivity contribution in [2.75, 3.05) is 13.1 Å². The van der Waals surface area contributed by atoms with E-state index in [0.29, 0.717) is 16.6 Å². The van der Waals surface area contributed by atoms with Crippen molar-refractivity contribution in [3.8, 4) is 0 Å². The lowest BCUT2D eigenvalue weighted by atomic mass is 10.1. The monoisotopic (exact) mass is 391 g/mol. The van der Waals surface area contributed by atoms with Crippen molar-refractivity contribution < 1.29 is 14.1 Å². The van der Waals surface area contributed by atoms with E-state index in [1.807, 2.05) is 12.1 Å². The Morgan fingerprint density at radius 3 is 2.46 bits per heavy atom. The van der Waals surface area contributed by atoms with E-state index >= 15 is 0 Å². The van der Waals surface area contributed by atoms with E-state index in [9.17, 15) is 9.18 Å². The predicted molar refractivity (Wildman–Crippen MR) is 95.3 cm³/mol. The number of likely N-dealkylation sites (tertiary alicyclic amines) is 1. The van der Waals surface area contributed by atoms with Crippen LogP contribution in [0.3, 0.4) is 0 Å². The number of hydrogen-bond acceptors (Lipinski definition) is 1. The van der Waals surface area contributed by atoms with Gasteiger partial charge in [0.05, 0.1) is 18.7 Å². The molecule has 0 saturated carbocycles. The zero-order valence-corrected chi connectivity index (χ0v) is 15.0. The average molecular weight is 392 g/mol. The Balaban J connectivity index is 1.56. The predicted octanol–water partition coefficient (Wildman–Crippen LogP) is 2.70. The van der Waals surface area contributed by atoms with Gasteiger partial charge in [-0.1, -0.05) is 24.3 Å². The summed E-state index contributed by atoms with van der Waals surface area (Å²) < 4.78 is 13.9. The lowest BCUT2D eigenvalue weighted by molar-refractivity contribution is -0.901. The summed E-state index contributed by atoms with van der Waals surface area (Å²) in [6.45, 7) is 4.03. The first-order valence-electron chi connectivity index (χ1n) is 8.26. The van der Waals surface area contributed by atoms with Crippen LogP contribution in [-0.2, 0) is 13.1 Å². The summed E-state index contributed by atoms with van der Waals surface area (Å²) in [5.41, 5.74) is 2.68. The van der Waals surface area contributed by atoms with Gasteiger partial charge in [0.15, 0.2) is 0 Å². The van der Waals surface area contributed by atoms with Crippen molar-refractivity contribution in [1.82, 2.24) is 5.32 Å². The van der Waals surface area contributed by atoms with Crippen molar-refractivity contribution >= 4 is 21.8 Å². The SMILES string of the molecule is O=C(NCc1ccc(C[NH+]2CCCC2)cc1)c1cc(F)ccc1Br. The molecule has 0 aromatic heterocycles. The van der Waals surface area contributed by atoms with E-state index in [2.05, 4.69) is 33.4 Å². The quantitative estimate of drug-likeness (QED) is 0.806. The summed E-state index contributed by atoms with van der Waals surface area (Å²) in [4.78, 5) is 13.8. The fourth-order valence-electron chi connectivity index (χ4n) is 3.06. The number of benzene rings is 2. The zero-order valence-electron chi connectivity index (χ0n) is 13.4. The molecule has 24 heavy (non-hydrogen) atoms. The molecule has 126 valence electrons. The molecule has 1 aliphatic heterocycles. The number of hydrogen-bond donors (Lipinski definition) is 2. The molecule has 0 unspecified atom stereocenters. The maximum Gasteiger partial charge on any atom is 0.252 e. The molecule has 1 amide bonds. The molecule has 1 fully saturated rings. The zero-order chi connectivity index (χ0) is 16.9. The molecule has 0 radical (unpaired) electrons. The fourth-order valence-corrected chi connectivity index (χ4v) is 3.49. The van der Waals surface area contributed by atoms with Gasteiger partial charge >= 0.3 is 0 Å². The molecule has 3 nitrogen and oxygen atoms in total. The number of rotatable bonds is 5. The van der Waals surface area contributed by atoms with Gasteiger partial charge in [0.25, 0.3) is 5.91 Å². The minimum Gasteiger partial charge on any atom is -0.348 e. The molecule has 0 spiro atoms. The Labute approximate surface area is 150 Å². The van der Waals surface area contributed by atoms with Gasteiger partial charge in [-0.2, -0.15) is 0 Å². The molecule has 2 aromatic carbocycles. The summed E-state index contributed by atoms with van der Waals surface area (Å²) in [7, 11) is 0. The molecular weight excluding hydrogens is 371 g/mol. The molecule has 5 heteroatoms. The minimum atomic E-state index is -0.419. The maximum atomic E-state index is 13.3. The van der Waals surface area contributed by atoms with E-state index in [1.165, 1.54) is 43.6 Å². The van der Waals surface area contributed by atoms with Gasteiger partial charge in [0, 0.05) is 29.4 Å². The van der Waals surface area contributed by atoms with Crippen molar-refractivity contribution in [2.24, 2.45) is 0 Å². The van der Waals surface area contributed by atoms with Gasteiger partial charge in [-0.3, -0.25) is 4.79 Å². The molecule has 0 atom stereocenters. The maximum absolute atomic E-state index is 13.3. The molecule has 2 aromatic rings. The Bertz CT molecular complexity index is 712. The van der Waals surface area contributed by atoms with Crippen LogP contribution < -0.4 is 10.2 Å². The minimum absolute atomic E-state index is 0.285. The molecule has 1 aliphatic rings. The van der Waals surface area contributed by atoms with E-state index < -0.39 is 5.82 Å². The van der Waals surface area contributed by atoms with Crippen LogP contribution in [0.15, 0.2) is 46.9 Å². The number of halogens is 2. The highest BCUT2D eigenvalue weighted by Crippen LogP contribution is 2.17. The Hall–Kier alpha value is -1.72. The third-order valence-corrected chi connectivity index (χ3v) is 5.11. The Kier molecular flexibility index (Phi) is 5.63. The topological polar surface area (TPSA) is 33.5 Å². The van der Waals surface area contributed by atoms with Gasteiger partial charge in [0.1, 0.15) is 12.4 Å². The standard InChI is InChI=1S/C19H20BrFN2O/c20-18-8-7-16(21)11-17(18)19(24)22-12-14-3-5-15(6-4-14)13-23-9-1-2-10-23/h3-8,11H,1-2,9-10,12-13H2,(H,22,24)/p+1. The van der Waals surface area contributed by atoms with Crippen molar-refractivity contribution in [2.45, 2.75) is 25.9 Å². The molecular formula is C19H21BrFN2O+. The second-order valence-electron chi connectivity index (χ2n) is 6.26. The second kappa shape index (κ2) is 7.90. The fraction of sp³-hybridized carbons (Fsp3) is 0.316.